The number of hydrogen-bond acceptors (Lipinski definition) is 9. The molecule has 0 N–H and O–H groups in total. The average Bonchev–Trinajstić information content (AvgIpc) is 1.63. The minimum absolute atomic E-state index is 0.666. The number of nitrogens with zero attached hydrogens (tertiary/aromatic N) is 9. The predicted molar refractivity (Wildman–Crippen MR) is 621 cm³/mol. The maximum absolute atomic E-state index is 5.04. The van der Waals surface area contributed by atoms with Crippen molar-refractivity contribution in [3.63, 3.8) is 0 Å². The predicted octanol–water partition coefficient (Wildman–Crippen LogP) is 36.5. The third-order valence-corrected chi connectivity index (χ3v) is 24.3. The lowest BCUT2D eigenvalue weighted by molar-refractivity contribution is 0.933. The van der Waals surface area contributed by atoms with Gasteiger partial charge in [0.15, 0.2) is 17.5 Å². The topological polar surface area (TPSA) is 116 Å². The lowest BCUT2D eigenvalue weighted by atomic mass is 9.96. The molecule has 9 heteroatoms. The van der Waals surface area contributed by atoms with E-state index in [0.29, 0.717) is 24.5 Å². The van der Waals surface area contributed by atoms with Crippen LogP contribution >= 0.6 is 0 Å². The monoisotopic (exact) mass is 1910 g/mol. The molecule has 0 spiro atoms. The van der Waals surface area contributed by atoms with E-state index in [9.17, 15) is 0 Å². The fourth-order valence-electron chi connectivity index (χ4n) is 18.5. The van der Waals surface area contributed by atoms with Crippen molar-refractivity contribution in [2.75, 3.05) is 0 Å². The Bertz CT molecular complexity index is 6750. The van der Waals surface area contributed by atoms with Gasteiger partial charge in [-0.1, -0.05) is 537 Å². The van der Waals surface area contributed by atoms with E-state index in [4.69, 9.17) is 44.9 Å². The largest absolute Gasteiger partial charge is 0.233 e. The molecule has 16 aromatic carbocycles. The summed E-state index contributed by atoms with van der Waals surface area (Å²) in [4.78, 5) is 44.4. The van der Waals surface area contributed by atoms with Crippen molar-refractivity contribution < 1.29 is 0 Å². The second-order valence-corrected chi connectivity index (χ2v) is 35.3. The lowest BCUT2D eigenvalue weighted by Crippen LogP contribution is -2.04. The van der Waals surface area contributed by atoms with Crippen LogP contribution < -0.4 is 0 Å². The highest BCUT2D eigenvalue weighted by Crippen LogP contribution is 2.45. The molecule has 24 rings (SSSR count). The van der Waals surface area contributed by atoms with Gasteiger partial charge in [0.1, 0.15) is 17.5 Å². The first-order valence-electron chi connectivity index (χ1n) is 53.0. The van der Waals surface area contributed by atoms with E-state index in [0.717, 1.165) is 140 Å². The molecule has 4 aliphatic rings. The number of para-hydroxylation sites is 1. The Morgan fingerprint density at radius 3 is 0.760 bits per heavy atom. The van der Waals surface area contributed by atoms with Gasteiger partial charge in [0.05, 0.1) is 28.3 Å². The van der Waals surface area contributed by atoms with E-state index in [1.165, 1.54) is 137 Å². The molecule has 0 fully saturated rings. The van der Waals surface area contributed by atoms with Crippen LogP contribution in [0.4, 0.5) is 0 Å². The van der Waals surface area contributed by atoms with E-state index in [1.54, 1.807) is 0 Å². The summed E-state index contributed by atoms with van der Waals surface area (Å²) in [6.07, 6.45) is 11.9. The molecule has 146 heavy (non-hydrogen) atoms. The molecule has 0 radical (unpaired) electrons. The van der Waals surface area contributed by atoms with Crippen LogP contribution in [-0.2, 0) is 51.4 Å². The number of rotatable bonds is 15. The SMILES string of the molecule is CC.CC.CC.CC.CCC.CCC.CCC.CCC.c1ccc(-c2cc(-c3ccccc3)nc(Cc3cccc4c3-c3ccccc3C4)n2)cc1.c1ccc(-c2cc(Cc3cccc4c3-c3ccccc3C4)nc(-c3ccccc3)n2)cc1.c1ccc(-c2nc(Cc3cccc4c3-c3ccccc3C4)nc(-c3ccccc3)n2)cc1.c1ccc(-c2nc(Cc3cccc4c3-c3ccccc3C4)nc3ccccc23)cc1. The van der Waals surface area contributed by atoms with Crippen LogP contribution in [-0.4, -0.2) is 44.9 Å². The second-order valence-electron chi connectivity index (χ2n) is 35.3. The van der Waals surface area contributed by atoms with E-state index in [-0.39, 0.29) is 0 Å². The van der Waals surface area contributed by atoms with Gasteiger partial charge >= 0.3 is 0 Å². The lowest BCUT2D eigenvalue weighted by Gasteiger charge is -2.12. The van der Waals surface area contributed by atoms with Crippen LogP contribution in [0.3, 0.4) is 0 Å². The molecule has 0 aliphatic heterocycles. The Labute approximate surface area is 869 Å². The first-order valence-corrected chi connectivity index (χ1v) is 53.0. The molecule has 20 aromatic rings. The number of aromatic nitrogens is 9. The van der Waals surface area contributed by atoms with Gasteiger partial charge in [-0.3, -0.25) is 0 Å². The molecule has 0 atom stereocenters. The molecule has 0 saturated carbocycles. The first kappa shape index (κ1) is 107. The molecule has 0 bridgehead atoms. The molecule has 4 heterocycles. The summed E-state index contributed by atoms with van der Waals surface area (Å²) < 4.78 is 0. The molecule has 0 unspecified atom stereocenters. The van der Waals surface area contributed by atoms with Crippen molar-refractivity contribution in [3.8, 4) is 124 Å². The van der Waals surface area contributed by atoms with Crippen LogP contribution in [0.2, 0.25) is 0 Å². The van der Waals surface area contributed by atoms with Gasteiger partial charge in [0.2, 0.25) is 0 Å². The fraction of sp³-hybridized carbons (Fsp3) is 0.204. The summed E-state index contributed by atoms with van der Waals surface area (Å²) >= 11 is 0. The van der Waals surface area contributed by atoms with Gasteiger partial charge < -0.3 is 0 Å². The number of fused-ring (bicyclic) bond motifs is 13. The highest BCUT2D eigenvalue weighted by atomic mass is 15.0. The summed E-state index contributed by atoms with van der Waals surface area (Å²) in [7, 11) is 0. The molecule has 9 nitrogen and oxygen atoms in total. The summed E-state index contributed by atoms with van der Waals surface area (Å²) in [5.41, 5.74) is 40.6. The number of hydrogen-bond donors (Lipinski definition) is 0. The van der Waals surface area contributed by atoms with Crippen LogP contribution in [0.5, 0.6) is 0 Å². The van der Waals surface area contributed by atoms with Crippen LogP contribution in [0, 0.1) is 0 Å². The van der Waals surface area contributed by atoms with Crippen LogP contribution in [0.1, 0.15) is 226 Å². The average molecular weight is 1910 g/mol. The molecule has 4 aliphatic carbocycles. The molecule has 734 valence electrons. The van der Waals surface area contributed by atoms with Gasteiger partial charge in [0, 0.05) is 75.7 Å². The molecule has 0 saturated heterocycles. The molecule has 0 amide bonds. The summed E-state index contributed by atoms with van der Waals surface area (Å²) in [5, 5.41) is 1.09. The summed E-state index contributed by atoms with van der Waals surface area (Å²) in [6.45, 7) is 33.0. The highest BCUT2D eigenvalue weighted by Gasteiger charge is 2.28. The van der Waals surface area contributed by atoms with E-state index in [2.05, 4.69) is 365 Å². The van der Waals surface area contributed by atoms with Gasteiger partial charge in [-0.2, -0.15) is 0 Å². The standard InChI is InChI=1S/2C30H22N2.C29H21N3.C28H20N2.4C3H8.4C2H6/c1-3-10-21(11-4-1)28-20-26(31-30(32-28)22-12-5-2-6-13-22)19-25-16-9-15-24-18-23-14-7-8-17-27(23)29(24)25;1-3-10-21(11-4-1)27-20-28(22-12-5-2-6-13-22)32-29(31-27)19-25-16-9-15-24-18-23-14-7-8-17-26(23)30(24)25;1-3-10-20(11-4-1)28-30-26(31-29(32-28)21-12-5-2-6-13-21)19-24-16-9-15-23-18-22-14-7-8-17-25(22)27(23)24;1-2-9-19(10-3-1)28-24-15-6-7-16-25(24)29-26(30-28)18-22-13-8-12-21-17-20-11-4-5-14-23(20)27(21)22;4*1-3-2;4*1-2/h2*1-17,20H,18-19H2;1-17H,18-19H2;1-16H,17-18H2;4*3H2,1-2H3;4*1-2H3. The normalized spacial score (nSPS) is 10.8. The maximum Gasteiger partial charge on any atom is 0.163 e. The molecular formula is C137H141N9. The van der Waals surface area contributed by atoms with E-state index < -0.39 is 0 Å². The summed E-state index contributed by atoms with van der Waals surface area (Å²) in [5.74, 6) is 4.70. The zero-order valence-corrected chi connectivity index (χ0v) is 88.3. The van der Waals surface area contributed by atoms with Crippen molar-refractivity contribution in [3.05, 3.63) is 509 Å². The van der Waals surface area contributed by atoms with E-state index in [1.807, 2.05) is 165 Å². The molecular weight excluding hydrogens is 1770 g/mol. The highest BCUT2D eigenvalue weighted by molar-refractivity contribution is 5.93. The van der Waals surface area contributed by atoms with Gasteiger partial charge in [-0.15, -0.1) is 0 Å². The maximum atomic E-state index is 5.04. The third kappa shape index (κ3) is 27.3. The quantitative estimate of drug-likeness (QED) is 0.0989. The third-order valence-electron chi connectivity index (χ3n) is 24.3. The van der Waals surface area contributed by atoms with Gasteiger partial charge in [-0.25, -0.2) is 44.9 Å². The number of benzene rings is 16. The zero-order chi connectivity index (χ0) is 103. The minimum atomic E-state index is 0.666. The van der Waals surface area contributed by atoms with Crippen molar-refractivity contribution in [1.29, 1.82) is 0 Å². The van der Waals surface area contributed by atoms with Gasteiger partial charge in [-0.05, 0) is 155 Å². The van der Waals surface area contributed by atoms with Crippen LogP contribution in [0.25, 0.3) is 135 Å². The van der Waals surface area contributed by atoms with Crippen molar-refractivity contribution in [2.45, 2.75) is 188 Å². The Morgan fingerprint density at radius 1 is 0.185 bits per heavy atom. The Hall–Kier alpha value is -16.0. The molecule has 4 aromatic heterocycles. The van der Waals surface area contributed by atoms with Crippen molar-refractivity contribution in [2.24, 2.45) is 0 Å². The zero-order valence-electron chi connectivity index (χ0n) is 88.3. The van der Waals surface area contributed by atoms with Crippen LogP contribution in [0.15, 0.2) is 419 Å². The van der Waals surface area contributed by atoms with Crippen molar-refractivity contribution >= 4 is 10.9 Å². The minimum Gasteiger partial charge on any atom is -0.233 e. The van der Waals surface area contributed by atoms with E-state index >= 15 is 0 Å². The second kappa shape index (κ2) is 56.2. The fourth-order valence-corrected chi connectivity index (χ4v) is 18.5. The van der Waals surface area contributed by atoms with Crippen molar-refractivity contribution in [1.82, 2.24) is 44.9 Å². The first-order chi connectivity index (χ1) is 72.1. The van der Waals surface area contributed by atoms with Gasteiger partial charge in [0.25, 0.3) is 0 Å². The summed E-state index contributed by atoms with van der Waals surface area (Å²) in [6, 6.07) is 146. The Balaban J connectivity index is 0.000000153. The Kier molecular flexibility index (Phi) is 41.3. The smallest absolute Gasteiger partial charge is 0.163 e. The Morgan fingerprint density at radius 2 is 0.432 bits per heavy atom.